The van der Waals surface area contributed by atoms with Crippen LogP contribution in [0.3, 0.4) is 0 Å². The van der Waals surface area contributed by atoms with Crippen molar-refractivity contribution in [2.45, 2.75) is 0 Å². The van der Waals surface area contributed by atoms with Crippen molar-refractivity contribution in [2.24, 2.45) is 0 Å². The molecule has 0 amide bonds. The highest BCUT2D eigenvalue weighted by Gasteiger charge is 2.11. The van der Waals surface area contributed by atoms with Gasteiger partial charge in [0.25, 0.3) is 0 Å². The number of hydrogen-bond acceptors (Lipinski definition) is 4. The van der Waals surface area contributed by atoms with E-state index >= 15 is 0 Å². The second-order valence-electron chi connectivity index (χ2n) is 3.94. The van der Waals surface area contributed by atoms with Gasteiger partial charge in [-0.1, -0.05) is 11.6 Å². The van der Waals surface area contributed by atoms with Crippen molar-refractivity contribution in [1.82, 2.24) is 19.5 Å². The minimum absolute atomic E-state index is 0.470. The van der Waals surface area contributed by atoms with Gasteiger partial charge in [0.05, 0.1) is 6.20 Å². The fraction of sp³-hybridized carbons (Fsp3) is 0. The minimum atomic E-state index is 0.470. The molecule has 0 saturated carbocycles. The van der Waals surface area contributed by atoms with Crippen LogP contribution in [-0.2, 0) is 0 Å². The molecule has 3 aromatic rings. The van der Waals surface area contributed by atoms with Crippen LogP contribution in [0.1, 0.15) is 0 Å². The number of hydrogen-bond donors (Lipinski definition) is 1. The molecule has 94 valence electrons. The molecule has 2 aromatic heterocycles. The van der Waals surface area contributed by atoms with Crippen LogP contribution in [0.25, 0.3) is 17.2 Å². The normalized spacial score (nSPS) is 10.6. The molecule has 0 saturated heterocycles. The van der Waals surface area contributed by atoms with E-state index < -0.39 is 0 Å². The molecule has 2 N–H and O–H groups in total. The molecule has 0 spiro atoms. The summed E-state index contributed by atoms with van der Waals surface area (Å²) >= 11 is 6.11. The first-order chi connectivity index (χ1) is 9.25. The molecule has 0 radical (unpaired) electrons. The lowest BCUT2D eigenvalue weighted by Gasteiger charge is -2.08. The van der Waals surface area contributed by atoms with E-state index in [0.29, 0.717) is 16.5 Å². The van der Waals surface area contributed by atoms with E-state index in [0.717, 1.165) is 11.4 Å². The molecular formula is C13H10ClN5. The third-order valence-electron chi connectivity index (χ3n) is 2.69. The molecule has 19 heavy (non-hydrogen) atoms. The maximum Gasteiger partial charge on any atom is 0.160 e. The monoisotopic (exact) mass is 271 g/mol. The number of benzene rings is 1. The summed E-state index contributed by atoms with van der Waals surface area (Å²) in [6.07, 6.45) is 6.51. The van der Waals surface area contributed by atoms with Crippen molar-refractivity contribution in [3.8, 4) is 17.2 Å². The summed E-state index contributed by atoms with van der Waals surface area (Å²) in [6.45, 7) is 0. The average Bonchev–Trinajstić information content (AvgIpc) is 2.89. The topological polar surface area (TPSA) is 69.6 Å². The number of nitrogens with two attached hydrogens (primary N) is 1. The Morgan fingerprint density at radius 1 is 1.11 bits per heavy atom. The number of halogens is 1. The first-order valence-electron chi connectivity index (χ1n) is 5.61. The fourth-order valence-electron chi connectivity index (χ4n) is 1.80. The van der Waals surface area contributed by atoms with Crippen LogP contribution in [0.2, 0.25) is 5.02 Å². The predicted molar refractivity (Wildman–Crippen MR) is 74.0 cm³/mol. The van der Waals surface area contributed by atoms with Gasteiger partial charge in [0.1, 0.15) is 17.2 Å². The van der Waals surface area contributed by atoms with E-state index in [1.165, 1.54) is 6.33 Å². The molecule has 0 aliphatic rings. The van der Waals surface area contributed by atoms with Gasteiger partial charge in [0.2, 0.25) is 0 Å². The molecule has 0 fully saturated rings. The van der Waals surface area contributed by atoms with Crippen LogP contribution in [0.5, 0.6) is 0 Å². The first kappa shape index (κ1) is 11.7. The van der Waals surface area contributed by atoms with Crippen molar-refractivity contribution >= 4 is 17.3 Å². The van der Waals surface area contributed by atoms with Gasteiger partial charge in [-0.15, -0.1) is 0 Å². The Bertz CT molecular complexity index is 705. The molecule has 5 nitrogen and oxygen atoms in total. The summed E-state index contributed by atoms with van der Waals surface area (Å²) in [5.41, 5.74) is 7.33. The van der Waals surface area contributed by atoms with Gasteiger partial charge < -0.3 is 5.73 Å². The van der Waals surface area contributed by atoms with E-state index in [2.05, 4.69) is 15.0 Å². The molecular weight excluding hydrogens is 262 g/mol. The molecule has 3 rings (SSSR count). The molecule has 0 aliphatic carbocycles. The summed E-state index contributed by atoms with van der Waals surface area (Å²) in [7, 11) is 0. The van der Waals surface area contributed by atoms with Crippen molar-refractivity contribution in [3.63, 3.8) is 0 Å². The van der Waals surface area contributed by atoms with Crippen molar-refractivity contribution < 1.29 is 0 Å². The van der Waals surface area contributed by atoms with E-state index in [1.807, 2.05) is 28.8 Å². The van der Waals surface area contributed by atoms with Crippen molar-refractivity contribution in [2.75, 3.05) is 5.73 Å². The number of anilines is 1. The Morgan fingerprint density at radius 3 is 2.63 bits per heavy atom. The highest BCUT2D eigenvalue weighted by molar-refractivity contribution is 6.32. The third-order valence-corrected chi connectivity index (χ3v) is 2.95. The molecule has 0 unspecified atom stereocenters. The minimum Gasteiger partial charge on any atom is -0.399 e. The molecule has 0 bridgehead atoms. The van der Waals surface area contributed by atoms with E-state index in [9.17, 15) is 0 Å². The molecule has 6 heteroatoms. The van der Waals surface area contributed by atoms with Crippen molar-refractivity contribution in [1.29, 1.82) is 0 Å². The number of imidazole rings is 1. The lowest BCUT2D eigenvalue weighted by molar-refractivity contribution is 0.979. The Kier molecular flexibility index (Phi) is 2.89. The maximum absolute atomic E-state index is 6.11. The molecule has 0 aliphatic heterocycles. The Labute approximate surface area is 114 Å². The second-order valence-corrected chi connectivity index (χ2v) is 4.34. The fourth-order valence-corrected chi connectivity index (χ4v) is 2.00. The summed E-state index contributed by atoms with van der Waals surface area (Å²) in [5, 5.41) is 0.470. The predicted octanol–water partition coefficient (Wildman–Crippen LogP) is 2.56. The number of aromatic nitrogens is 4. The lowest BCUT2D eigenvalue weighted by Crippen LogP contribution is -2.00. The lowest BCUT2D eigenvalue weighted by atomic mass is 10.2. The van der Waals surface area contributed by atoms with Crippen LogP contribution in [0, 0.1) is 0 Å². The molecule has 2 heterocycles. The van der Waals surface area contributed by atoms with E-state index in [-0.39, 0.29) is 0 Å². The van der Waals surface area contributed by atoms with Gasteiger partial charge in [0, 0.05) is 23.6 Å². The largest absolute Gasteiger partial charge is 0.399 e. The maximum atomic E-state index is 6.11. The highest BCUT2D eigenvalue weighted by atomic mass is 35.5. The van der Waals surface area contributed by atoms with Crippen LogP contribution in [0.4, 0.5) is 5.69 Å². The highest BCUT2D eigenvalue weighted by Crippen LogP contribution is 2.24. The van der Waals surface area contributed by atoms with Gasteiger partial charge in [-0.2, -0.15) is 0 Å². The van der Waals surface area contributed by atoms with Crippen LogP contribution in [0.15, 0.2) is 49.2 Å². The summed E-state index contributed by atoms with van der Waals surface area (Å²) in [6, 6.07) is 7.47. The first-order valence-corrected chi connectivity index (χ1v) is 5.98. The summed E-state index contributed by atoms with van der Waals surface area (Å²) in [5.74, 6) is 1.35. The Hall–Kier alpha value is -2.40. The summed E-state index contributed by atoms with van der Waals surface area (Å²) < 4.78 is 1.82. The zero-order chi connectivity index (χ0) is 13.2. The molecule has 0 atom stereocenters. The Balaban J connectivity index is 2.13. The standard InChI is InChI=1S/C13H10ClN5/c14-11-7-16-8-18-13(11)19-6-5-17-12(19)9-1-3-10(15)4-2-9/h1-8H,15H2. The van der Waals surface area contributed by atoms with Crippen molar-refractivity contribution in [3.05, 3.63) is 54.2 Å². The molecule has 1 aromatic carbocycles. The van der Waals surface area contributed by atoms with Gasteiger partial charge in [-0.05, 0) is 24.3 Å². The SMILES string of the molecule is Nc1ccc(-c2nccn2-c2ncncc2Cl)cc1. The van der Waals surface area contributed by atoms with Gasteiger partial charge in [0.15, 0.2) is 5.82 Å². The average molecular weight is 272 g/mol. The van der Waals surface area contributed by atoms with Gasteiger partial charge >= 0.3 is 0 Å². The second kappa shape index (κ2) is 4.70. The number of nitrogens with zero attached hydrogens (tertiary/aromatic N) is 4. The van der Waals surface area contributed by atoms with Crippen LogP contribution >= 0.6 is 11.6 Å². The quantitative estimate of drug-likeness (QED) is 0.727. The number of rotatable bonds is 2. The third kappa shape index (κ3) is 2.15. The zero-order valence-electron chi connectivity index (χ0n) is 9.86. The Morgan fingerprint density at radius 2 is 1.89 bits per heavy atom. The van der Waals surface area contributed by atoms with E-state index in [4.69, 9.17) is 17.3 Å². The van der Waals surface area contributed by atoms with E-state index in [1.54, 1.807) is 18.6 Å². The zero-order valence-corrected chi connectivity index (χ0v) is 10.6. The van der Waals surface area contributed by atoms with Crippen LogP contribution < -0.4 is 5.73 Å². The van der Waals surface area contributed by atoms with Gasteiger partial charge in [-0.25, -0.2) is 15.0 Å². The smallest absolute Gasteiger partial charge is 0.160 e. The van der Waals surface area contributed by atoms with Gasteiger partial charge in [-0.3, -0.25) is 4.57 Å². The van der Waals surface area contributed by atoms with Crippen LogP contribution in [-0.4, -0.2) is 19.5 Å². The number of nitrogen functional groups attached to an aromatic ring is 1. The summed E-state index contributed by atoms with van der Waals surface area (Å²) in [4.78, 5) is 12.4.